The number of halogens is 1. The summed E-state index contributed by atoms with van der Waals surface area (Å²) in [5.74, 6) is 0. The van der Waals surface area contributed by atoms with Crippen LogP contribution < -0.4 is 10.6 Å². The van der Waals surface area contributed by atoms with Crippen molar-refractivity contribution in [3.8, 4) is 0 Å². The lowest BCUT2D eigenvalue weighted by Gasteiger charge is -2.23. The third-order valence-corrected chi connectivity index (χ3v) is 2.46. The van der Waals surface area contributed by atoms with Crippen LogP contribution >= 0.6 is 11.6 Å². The lowest BCUT2D eigenvalue weighted by molar-refractivity contribution is 0.229. The van der Waals surface area contributed by atoms with Gasteiger partial charge in [-0.2, -0.15) is 0 Å². The molecule has 0 fully saturated rings. The summed E-state index contributed by atoms with van der Waals surface area (Å²) in [5, 5.41) is 6.43. The van der Waals surface area contributed by atoms with E-state index in [-0.39, 0.29) is 17.6 Å². The van der Waals surface area contributed by atoms with Crippen LogP contribution in [0.1, 0.15) is 39.3 Å². The second-order valence-electron chi connectivity index (χ2n) is 5.12. The Kier molecular flexibility index (Phi) is 4.40. The molecule has 1 unspecified atom stereocenters. The average molecular weight is 255 g/mol. The minimum Gasteiger partial charge on any atom is -0.334 e. The molecule has 1 aromatic carbocycles. The zero-order valence-corrected chi connectivity index (χ0v) is 11.4. The average Bonchev–Trinajstić information content (AvgIpc) is 2.15. The molecule has 4 heteroatoms. The summed E-state index contributed by atoms with van der Waals surface area (Å²) in [4.78, 5) is 11.7. The topological polar surface area (TPSA) is 41.1 Å². The van der Waals surface area contributed by atoms with E-state index in [9.17, 15) is 4.79 Å². The largest absolute Gasteiger partial charge is 0.334 e. The molecule has 0 aliphatic rings. The van der Waals surface area contributed by atoms with Crippen LogP contribution in [0.25, 0.3) is 0 Å². The minimum atomic E-state index is -0.232. The van der Waals surface area contributed by atoms with Gasteiger partial charge in [0.2, 0.25) is 0 Å². The van der Waals surface area contributed by atoms with Crippen molar-refractivity contribution in [2.24, 2.45) is 0 Å². The standard InChI is InChI=1S/C13H19ClN2O/c1-9(10-5-7-11(14)8-6-10)15-12(17)16-13(2,3)4/h5-9H,1-4H3,(H2,15,16,17). The van der Waals surface area contributed by atoms with Crippen molar-refractivity contribution in [3.05, 3.63) is 34.9 Å². The number of urea groups is 1. The maximum Gasteiger partial charge on any atom is 0.315 e. The van der Waals surface area contributed by atoms with E-state index in [1.165, 1.54) is 0 Å². The minimum absolute atomic E-state index is 0.0467. The number of hydrogen-bond acceptors (Lipinski definition) is 1. The van der Waals surface area contributed by atoms with Crippen LogP contribution in [0.2, 0.25) is 5.02 Å². The zero-order chi connectivity index (χ0) is 13.1. The van der Waals surface area contributed by atoms with Crippen molar-refractivity contribution in [2.45, 2.75) is 39.3 Å². The Morgan fingerprint density at radius 3 is 2.24 bits per heavy atom. The number of benzene rings is 1. The number of carbonyl (C=O) groups excluding carboxylic acids is 1. The molecule has 0 aliphatic carbocycles. The molecule has 17 heavy (non-hydrogen) atoms. The number of carbonyl (C=O) groups is 1. The molecule has 1 aromatic rings. The van der Waals surface area contributed by atoms with Gasteiger partial charge in [0, 0.05) is 10.6 Å². The molecule has 0 saturated carbocycles. The maximum absolute atomic E-state index is 11.7. The molecule has 0 spiro atoms. The first-order valence-corrected chi connectivity index (χ1v) is 6.00. The van der Waals surface area contributed by atoms with E-state index in [2.05, 4.69) is 10.6 Å². The molecule has 3 nitrogen and oxygen atoms in total. The van der Waals surface area contributed by atoms with Crippen molar-refractivity contribution >= 4 is 17.6 Å². The van der Waals surface area contributed by atoms with E-state index >= 15 is 0 Å². The van der Waals surface area contributed by atoms with Gasteiger partial charge >= 0.3 is 6.03 Å². The second-order valence-corrected chi connectivity index (χ2v) is 5.56. The van der Waals surface area contributed by atoms with Crippen LogP contribution in [0.3, 0.4) is 0 Å². The first-order valence-electron chi connectivity index (χ1n) is 5.62. The monoisotopic (exact) mass is 254 g/mol. The van der Waals surface area contributed by atoms with Gasteiger partial charge in [0.25, 0.3) is 0 Å². The summed E-state index contributed by atoms with van der Waals surface area (Å²) in [5.41, 5.74) is 0.794. The Hall–Kier alpha value is -1.22. The summed E-state index contributed by atoms with van der Waals surface area (Å²) >= 11 is 5.81. The molecular formula is C13H19ClN2O. The molecule has 94 valence electrons. The lowest BCUT2D eigenvalue weighted by atomic mass is 10.1. The number of hydrogen-bond donors (Lipinski definition) is 2. The highest BCUT2D eigenvalue weighted by molar-refractivity contribution is 6.30. The molecule has 2 amide bonds. The van der Waals surface area contributed by atoms with Gasteiger partial charge in [0.1, 0.15) is 0 Å². The molecule has 0 radical (unpaired) electrons. The first-order chi connectivity index (χ1) is 7.78. The fourth-order valence-corrected chi connectivity index (χ4v) is 1.53. The van der Waals surface area contributed by atoms with E-state index in [0.29, 0.717) is 5.02 Å². The molecule has 2 N–H and O–H groups in total. The van der Waals surface area contributed by atoms with Crippen molar-refractivity contribution in [3.63, 3.8) is 0 Å². The number of amides is 2. The SMILES string of the molecule is CC(NC(=O)NC(C)(C)C)c1ccc(Cl)cc1. The highest BCUT2D eigenvalue weighted by atomic mass is 35.5. The molecule has 0 aliphatic heterocycles. The molecular weight excluding hydrogens is 236 g/mol. The van der Waals surface area contributed by atoms with E-state index in [0.717, 1.165) is 5.56 Å². The van der Waals surface area contributed by atoms with Crippen LogP contribution in [0.5, 0.6) is 0 Å². The molecule has 0 saturated heterocycles. The highest BCUT2D eigenvalue weighted by Crippen LogP contribution is 2.15. The predicted octanol–water partition coefficient (Wildman–Crippen LogP) is 3.50. The van der Waals surface area contributed by atoms with E-state index < -0.39 is 0 Å². The maximum atomic E-state index is 11.7. The van der Waals surface area contributed by atoms with Gasteiger partial charge in [-0.05, 0) is 45.4 Å². The van der Waals surface area contributed by atoms with Crippen LogP contribution in [-0.4, -0.2) is 11.6 Å². The van der Waals surface area contributed by atoms with E-state index in [1.54, 1.807) is 0 Å². The third-order valence-electron chi connectivity index (χ3n) is 2.21. The quantitative estimate of drug-likeness (QED) is 0.833. The fourth-order valence-electron chi connectivity index (χ4n) is 1.41. The molecule has 1 rings (SSSR count). The lowest BCUT2D eigenvalue weighted by Crippen LogP contribution is -2.47. The smallest absolute Gasteiger partial charge is 0.315 e. The van der Waals surface area contributed by atoms with Gasteiger partial charge in [-0.3, -0.25) is 0 Å². The molecule has 0 bridgehead atoms. The first kappa shape index (κ1) is 13.8. The highest BCUT2D eigenvalue weighted by Gasteiger charge is 2.15. The van der Waals surface area contributed by atoms with Crippen LogP contribution in [-0.2, 0) is 0 Å². The van der Waals surface area contributed by atoms with Crippen molar-refractivity contribution < 1.29 is 4.79 Å². The summed E-state index contributed by atoms with van der Waals surface area (Å²) in [6.45, 7) is 7.77. The Morgan fingerprint density at radius 2 is 1.76 bits per heavy atom. The predicted molar refractivity (Wildman–Crippen MR) is 71.3 cm³/mol. The Labute approximate surface area is 108 Å². The number of rotatable bonds is 2. The summed E-state index contributed by atoms with van der Waals surface area (Å²) < 4.78 is 0. The van der Waals surface area contributed by atoms with Crippen molar-refractivity contribution in [1.29, 1.82) is 0 Å². The summed E-state index contributed by atoms with van der Waals surface area (Å²) in [6.07, 6.45) is 0. The normalized spacial score (nSPS) is 13.0. The fraction of sp³-hybridized carbons (Fsp3) is 0.462. The van der Waals surface area contributed by atoms with Crippen molar-refractivity contribution in [1.82, 2.24) is 10.6 Å². The van der Waals surface area contributed by atoms with Crippen molar-refractivity contribution in [2.75, 3.05) is 0 Å². The molecule has 1 atom stereocenters. The summed E-state index contributed by atoms with van der Waals surface area (Å²) in [6, 6.07) is 7.23. The van der Waals surface area contributed by atoms with E-state index in [1.807, 2.05) is 52.0 Å². The Morgan fingerprint density at radius 1 is 1.24 bits per heavy atom. The zero-order valence-electron chi connectivity index (χ0n) is 10.7. The van der Waals surface area contributed by atoms with Gasteiger partial charge < -0.3 is 10.6 Å². The molecule has 0 aromatic heterocycles. The van der Waals surface area contributed by atoms with Gasteiger partial charge in [0.05, 0.1) is 6.04 Å². The Bertz CT molecular complexity index is 381. The van der Waals surface area contributed by atoms with Gasteiger partial charge in [0.15, 0.2) is 0 Å². The van der Waals surface area contributed by atoms with Gasteiger partial charge in [-0.1, -0.05) is 23.7 Å². The van der Waals surface area contributed by atoms with E-state index in [4.69, 9.17) is 11.6 Å². The summed E-state index contributed by atoms with van der Waals surface area (Å²) in [7, 11) is 0. The van der Waals surface area contributed by atoms with Gasteiger partial charge in [-0.25, -0.2) is 4.79 Å². The van der Waals surface area contributed by atoms with Gasteiger partial charge in [-0.15, -0.1) is 0 Å². The van der Waals surface area contributed by atoms with Crippen LogP contribution in [0.4, 0.5) is 4.79 Å². The van der Waals surface area contributed by atoms with Crippen LogP contribution in [0.15, 0.2) is 24.3 Å². The number of nitrogens with one attached hydrogen (secondary N) is 2. The van der Waals surface area contributed by atoms with Crippen LogP contribution in [0, 0.1) is 0 Å². The second kappa shape index (κ2) is 5.41. The Balaban J connectivity index is 2.57. The molecule has 0 heterocycles. The third kappa shape index (κ3) is 5.09.